The largest absolute Gasteiger partial charge is 0.379 e. The highest BCUT2D eigenvalue weighted by Crippen LogP contribution is 2.26. The first-order valence-electron chi connectivity index (χ1n) is 7.24. The molecule has 3 aromatic rings. The van der Waals surface area contributed by atoms with Crippen molar-refractivity contribution in [3.05, 3.63) is 35.5 Å². The van der Waals surface area contributed by atoms with E-state index in [1.807, 2.05) is 35.0 Å². The summed E-state index contributed by atoms with van der Waals surface area (Å²) in [5, 5.41) is 9.59. The van der Waals surface area contributed by atoms with E-state index in [0.29, 0.717) is 6.04 Å². The molecule has 114 valence electrons. The van der Waals surface area contributed by atoms with Crippen molar-refractivity contribution in [2.24, 2.45) is 0 Å². The fourth-order valence-electron chi connectivity index (χ4n) is 2.55. The number of benzene rings is 1. The number of aromatic nitrogens is 3. The van der Waals surface area contributed by atoms with E-state index in [2.05, 4.69) is 15.4 Å². The smallest absolute Gasteiger partial charge is 0.214 e. The van der Waals surface area contributed by atoms with Crippen molar-refractivity contribution in [3.63, 3.8) is 0 Å². The third kappa shape index (κ3) is 2.82. The van der Waals surface area contributed by atoms with E-state index >= 15 is 0 Å². The maximum atomic E-state index is 5.92. The van der Waals surface area contributed by atoms with Crippen molar-refractivity contribution >= 4 is 33.0 Å². The lowest BCUT2D eigenvalue weighted by Crippen LogP contribution is -2.29. The number of anilines is 1. The summed E-state index contributed by atoms with van der Waals surface area (Å²) in [4.78, 5) is 5.51. The molecule has 1 aromatic carbocycles. The van der Waals surface area contributed by atoms with Crippen LogP contribution in [0.1, 0.15) is 12.8 Å². The van der Waals surface area contributed by atoms with E-state index in [9.17, 15) is 0 Å². The van der Waals surface area contributed by atoms with Gasteiger partial charge >= 0.3 is 0 Å². The first-order chi connectivity index (χ1) is 10.8. The zero-order valence-corrected chi connectivity index (χ0v) is 13.4. The fraction of sp³-hybridized carbons (Fsp3) is 0.333. The number of nitrogens with one attached hydrogen (secondary N) is 1. The number of rotatable bonds is 3. The molecule has 1 unspecified atom stereocenters. The molecule has 2 aromatic heterocycles. The second-order valence-electron chi connectivity index (χ2n) is 5.33. The average molecular weight is 335 g/mol. The SMILES string of the molecule is Clc1ccc(-c2cn3nc(NC4CCCOC4)sc3n2)cc1. The summed E-state index contributed by atoms with van der Waals surface area (Å²) < 4.78 is 7.30. The van der Waals surface area contributed by atoms with Gasteiger partial charge in [0.15, 0.2) is 0 Å². The minimum atomic E-state index is 0.348. The molecule has 0 spiro atoms. The lowest BCUT2D eigenvalue weighted by molar-refractivity contribution is 0.0876. The van der Waals surface area contributed by atoms with Crippen LogP contribution in [-0.2, 0) is 4.74 Å². The Morgan fingerprint density at radius 2 is 2.18 bits per heavy atom. The summed E-state index contributed by atoms with van der Waals surface area (Å²) in [6.45, 7) is 1.61. The van der Waals surface area contributed by atoms with Crippen molar-refractivity contribution in [1.29, 1.82) is 0 Å². The molecule has 1 saturated heterocycles. The summed E-state index contributed by atoms with van der Waals surface area (Å²) in [5.41, 5.74) is 1.94. The van der Waals surface area contributed by atoms with Gasteiger partial charge in [-0.2, -0.15) is 0 Å². The van der Waals surface area contributed by atoms with Gasteiger partial charge in [0.05, 0.1) is 24.5 Å². The van der Waals surface area contributed by atoms with Gasteiger partial charge in [0.25, 0.3) is 0 Å². The van der Waals surface area contributed by atoms with Crippen LogP contribution in [0, 0.1) is 0 Å². The summed E-state index contributed by atoms with van der Waals surface area (Å²) in [6.07, 6.45) is 4.16. The summed E-state index contributed by atoms with van der Waals surface area (Å²) in [7, 11) is 0. The van der Waals surface area contributed by atoms with E-state index in [1.54, 1.807) is 11.3 Å². The van der Waals surface area contributed by atoms with Crippen LogP contribution in [0.25, 0.3) is 16.2 Å². The predicted molar refractivity (Wildman–Crippen MR) is 88.8 cm³/mol. The van der Waals surface area contributed by atoms with Crippen LogP contribution in [0.15, 0.2) is 30.5 Å². The molecule has 1 aliphatic rings. The minimum Gasteiger partial charge on any atom is -0.379 e. The first-order valence-corrected chi connectivity index (χ1v) is 8.44. The Hall–Kier alpha value is -1.63. The van der Waals surface area contributed by atoms with Crippen molar-refractivity contribution in [1.82, 2.24) is 14.6 Å². The lowest BCUT2D eigenvalue weighted by Gasteiger charge is -2.22. The van der Waals surface area contributed by atoms with Crippen LogP contribution in [-0.4, -0.2) is 33.9 Å². The van der Waals surface area contributed by atoms with E-state index in [4.69, 9.17) is 16.3 Å². The molecule has 22 heavy (non-hydrogen) atoms. The van der Waals surface area contributed by atoms with Crippen LogP contribution in [0.2, 0.25) is 5.02 Å². The molecule has 3 heterocycles. The molecule has 1 N–H and O–H groups in total. The van der Waals surface area contributed by atoms with Crippen LogP contribution >= 0.6 is 22.9 Å². The average Bonchev–Trinajstić information content (AvgIpc) is 3.07. The number of halogens is 1. The molecule has 0 bridgehead atoms. The van der Waals surface area contributed by atoms with Gasteiger partial charge in [-0.3, -0.25) is 0 Å². The second-order valence-corrected chi connectivity index (χ2v) is 6.72. The molecule has 7 heteroatoms. The van der Waals surface area contributed by atoms with Crippen LogP contribution < -0.4 is 5.32 Å². The number of hydrogen-bond donors (Lipinski definition) is 1. The fourth-order valence-corrected chi connectivity index (χ4v) is 3.53. The zero-order chi connectivity index (χ0) is 14.9. The second kappa shape index (κ2) is 5.87. The Bertz CT molecular complexity index is 745. The highest BCUT2D eigenvalue weighted by molar-refractivity contribution is 7.20. The number of hydrogen-bond acceptors (Lipinski definition) is 5. The maximum Gasteiger partial charge on any atom is 0.214 e. The molecule has 0 saturated carbocycles. The Morgan fingerprint density at radius 1 is 1.32 bits per heavy atom. The van der Waals surface area contributed by atoms with Crippen LogP contribution in [0.3, 0.4) is 0 Å². The molecular weight excluding hydrogens is 320 g/mol. The predicted octanol–water partition coefficient (Wildman–Crippen LogP) is 3.70. The number of fused-ring (bicyclic) bond motifs is 1. The van der Waals surface area contributed by atoms with E-state index in [-0.39, 0.29) is 0 Å². The molecule has 4 rings (SSSR count). The summed E-state index contributed by atoms with van der Waals surface area (Å²) in [5.74, 6) is 0. The van der Waals surface area contributed by atoms with Gasteiger partial charge in [-0.25, -0.2) is 9.50 Å². The van der Waals surface area contributed by atoms with Gasteiger partial charge in [0, 0.05) is 17.2 Å². The van der Waals surface area contributed by atoms with Crippen molar-refractivity contribution in [3.8, 4) is 11.3 Å². The van der Waals surface area contributed by atoms with Gasteiger partial charge in [0.2, 0.25) is 10.1 Å². The van der Waals surface area contributed by atoms with Gasteiger partial charge in [-0.05, 0) is 25.0 Å². The summed E-state index contributed by atoms with van der Waals surface area (Å²) in [6, 6.07) is 8.02. The molecule has 5 nitrogen and oxygen atoms in total. The third-order valence-corrected chi connectivity index (χ3v) is 4.78. The van der Waals surface area contributed by atoms with Crippen molar-refractivity contribution in [2.75, 3.05) is 18.5 Å². The Kier molecular flexibility index (Phi) is 3.73. The Balaban J connectivity index is 1.55. The highest BCUT2D eigenvalue weighted by Gasteiger charge is 2.16. The molecule has 0 amide bonds. The third-order valence-electron chi connectivity index (χ3n) is 3.67. The standard InChI is InChI=1S/C15H15ClN4OS/c16-11-5-3-10(4-6-11)13-8-20-15(18-13)22-14(19-20)17-12-2-1-7-21-9-12/h3-6,8,12H,1-2,7,9H2,(H,17,19). The topological polar surface area (TPSA) is 51.5 Å². The quantitative estimate of drug-likeness (QED) is 0.793. The van der Waals surface area contributed by atoms with Crippen LogP contribution in [0.5, 0.6) is 0 Å². The number of nitrogens with zero attached hydrogens (tertiary/aromatic N) is 3. The van der Waals surface area contributed by atoms with Crippen molar-refractivity contribution in [2.45, 2.75) is 18.9 Å². The number of ether oxygens (including phenoxy) is 1. The van der Waals surface area contributed by atoms with Crippen molar-refractivity contribution < 1.29 is 4.74 Å². The van der Waals surface area contributed by atoms with Gasteiger partial charge in [-0.1, -0.05) is 35.1 Å². The molecule has 1 fully saturated rings. The van der Waals surface area contributed by atoms with Crippen LogP contribution in [0.4, 0.5) is 5.13 Å². The van der Waals surface area contributed by atoms with E-state index in [0.717, 1.165) is 52.4 Å². The molecular formula is C15H15ClN4OS. The Labute approximate surface area is 136 Å². The first kappa shape index (κ1) is 14.0. The van der Waals surface area contributed by atoms with Gasteiger partial charge < -0.3 is 10.1 Å². The zero-order valence-electron chi connectivity index (χ0n) is 11.8. The summed E-state index contributed by atoms with van der Waals surface area (Å²) >= 11 is 7.47. The van der Waals surface area contributed by atoms with Gasteiger partial charge in [0.1, 0.15) is 0 Å². The molecule has 0 radical (unpaired) electrons. The Morgan fingerprint density at radius 3 is 2.91 bits per heavy atom. The number of imidazole rings is 1. The highest BCUT2D eigenvalue weighted by atomic mass is 35.5. The molecule has 1 atom stereocenters. The van der Waals surface area contributed by atoms with E-state index < -0.39 is 0 Å². The normalized spacial score (nSPS) is 18.7. The van der Waals surface area contributed by atoms with E-state index in [1.165, 1.54) is 0 Å². The maximum absolute atomic E-state index is 5.92. The monoisotopic (exact) mass is 334 g/mol. The molecule has 1 aliphatic heterocycles. The lowest BCUT2D eigenvalue weighted by atomic mass is 10.1. The molecule has 0 aliphatic carbocycles. The van der Waals surface area contributed by atoms with Gasteiger partial charge in [-0.15, -0.1) is 5.10 Å². The minimum absolute atomic E-state index is 0.348.